The summed E-state index contributed by atoms with van der Waals surface area (Å²) in [6.45, 7) is 2.16. The largest absolute Gasteiger partial charge is 0.497 e. The Balaban J connectivity index is 1.85. The minimum atomic E-state index is -4.17. The van der Waals surface area contributed by atoms with Crippen molar-refractivity contribution in [2.75, 3.05) is 18.6 Å². The maximum absolute atomic E-state index is 13.6. The summed E-state index contributed by atoms with van der Waals surface area (Å²) in [5.74, 6) is 0.267. The van der Waals surface area contributed by atoms with E-state index in [1.165, 1.54) is 11.0 Å². The van der Waals surface area contributed by atoms with Gasteiger partial charge in [-0.2, -0.15) is 0 Å². The zero-order chi connectivity index (χ0) is 25.4. The third-order valence-corrected chi connectivity index (χ3v) is 7.55. The van der Waals surface area contributed by atoms with Gasteiger partial charge in [-0.3, -0.25) is 4.79 Å². The van der Waals surface area contributed by atoms with Crippen molar-refractivity contribution in [2.45, 2.75) is 24.3 Å². The molecule has 2 N–H and O–H groups in total. The molecule has 8 nitrogen and oxygen atoms in total. The molecule has 0 bridgehead atoms. The van der Waals surface area contributed by atoms with Crippen LogP contribution in [0.1, 0.15) is 12.5 Å². The SMILES string of the molecule is CCN(C(=O)[C@H](Cc1ccccc1)NC(=O)NS(=O)(=O)c1ccccc1Br)c1ccc(OC)cc1. The molecule has 0 fully saturated rings. The van der Waals surface area contributed by atoms with Crippen molar-refractivity contribution in [1.82, 2.24) is 10.0 Å². The number of nitrogens with one attached hydrogen (secondary N) is 2. The van der Waals surface area contributed by atoms with Crippen LogP contribution in [0.15, 0.2) is 88.2 Å². The number of hydrogen-bond acceptors (Lipinski definition) is 5. The molecule has 0 aliphatic rings. The first-order valence-electron chi connectivity index (χ1n) is 10.8. The van der Waals surface area contributed by atoms with Crippen molar-refractivity contribution >= 4 is 43.6 Å². The number of sulfonamides is 1. The van der Waals surface area contributed by atoms with E-state index in [4.69, 9.17) is 4.74 Å². The smallest absolute Gasteiger partial charge is 0.329 e. The molecule has 184 valence electrons. The number of ether oxygens (including phenoxy) is 1. The first-order valence-corrected chi connectivity index (χ1v) is 13.1. The van der Waals surface area contributed by atoms with Gasteiger partial charge in [0, 0.05) is 23.1 Å². The van der Waals surface area contributed by atoms with Gasteiger partial charge in [0.25, 0.3) is 10.0 Å². The molecule has 0 radical (unpaired) electrons. The standard InChI is InChI=1S/C25H26BrN3O5S/c1-3-29(19-13-15-20(34-2)16-14-19)24(30)22(17-18-9-5-4-6-10-18)27-25(31)28-35(32,33)23-12-8-7-11-21(23)26/h4-16,22H,3,17H2,1-2H3,(H2,27,28,31)/t22-/m0/s1. The van der Waals surface area contributed by atoms with E-state index in [2.05, 4.69) is 21.2 Å². The Kier molecular flexibility index (Phi) is 8.89. The molecule has 0 aliphatic carbocycles. The van der Waals surface area contributed by atoms with Crippen LogP contribution < -0.4 is 19.7 Å². The Hall–Kier alpha value is -3.37. The lowest BCUT2D eigenvalue weighted by atomic mass is 10.0. The molecule has 10 heteroatoms. The fourth-order valence-electron chi connectivity index (χ4n) is 3.49. The van der Waals surface area contributed by atoms with Crippen LogP contribution in [0.4, 0.5) is 10.5 Å². The zero-order valence-corrected chi connectivity index (χ0v) is 21.7. The number of anilines is 1. The first kappa shape index (κ1) is 26.2. The minimum Gasteiger partial charge on any atom is -0.497 e. The maximum atomic E-state index is 13.6. The summed E-state index contributed by atoms with van der Waals surface area (Å²) in [4.78, 5) is 27.8. The Morgan fingerprint density at radius 2 is 1.60 bits per heavy atom. The molecule has 3 amide bonds. The van der Waals surface area contributed by atoms with Gasteiger partial charge in [-0.25, -0.2) is 17.9 Å². The number of halogens is 1. The van der Waals surface area contributed by atoms with Gasteiger partial charge in [-0.15, -0.1) is 0 Å². The van der Waals surface area contributed by atoms with Gasteiger partial charge >= 0.3 is 6.03 Å². The summed E-state index contributed by atoms with van der Waals surface area (Å²) in [6.07, 6.45) is 0.175. The van der Waals surface area contributed by atoms with Crippen molar-refractivity contribution in [1.29, 1.82) is 0 Å². The molecule has 35 heavy (non-hydrogen) atoms. The Morgan fingerprint density at radius 3 is 2.20 bits per heavy atom. The van der Waals surface area contributed by atoms with Gasteiger partial charge in [-0.1, -0.05) is 42.5 Å². The highest BCUT2D eigenvalue weighted by molar-refractivity contribution is 9.10. The number of carbonyl (C=O) groups excluding carboxylic acids is 2. The number of likely N-dealkylation sites (N-methyl/N-ethyl adjacent to an activating group) is 1. The average molecular weight is 560 g/mol. The lowest BCUT2D eigenvalue weighted by Crippen LogP contribution is -2.53. The van der Waals surface area contributed by atoms with Gasteiger partial charge in [0.2, 0.25) is 5.91 Å². The summed E-state index contributed by atoms with van der Waals surface area (Å²) < 4.78 is 33.0. The molecule has 0 aromatic heterocycles. The average Bonchev–Trinajstić information content (AvgIpc) is 2.85. The Morgan fingerprint density at radius 1 is 0.971 bits per heavy atom. The molecule has 1 atom stereocenters. The van der Waals surface area contributed by atoms with E-state index in [0.29, 0.717) is 22.5 Å². The number of amides is 3. The van der Waals surface area contributed by atoms with Crippen LogP contribution in [0.3, 0.4) is 0 Å². The number of nitrogens with zero attached hydrogens (tertiary/aromatic N) is 1. The normalized spacial score (nSPS) is 11.9. The maximum Gasteiger partial charge on any atom is 0.329 e. The van der Waals surface area contributed by atoms with E-state index in [1.54, 1.807) is 49.6 Å². The molecular weight excluding hydrogens is 534 g/mol. The fraction of sp³-hybridized carbons (Fsp3) is 0.200. The van der Waals surface area contributed by atoms with Gasteiger partial charge < -0.3 is 15.0 Å². The minimum absolute atomic E-state index is 0.0884. The zero-order valence-electron chi connectivity index (χ0n) is 19.3. The number of urea groups is 1. The highest BCUT2D eigenvalue weighted by atomic mass is 79.9. The lowest BCUT2D eigenvalue weighted by molar-refractivity contribution is -0.120. The summed E-state index contributed by atoms with van der Waals surface area (Å²) in [5.41, 5.74) is 1.44. The second-order valence-corrected chi connectivity index (χ2v) is 10.0. The van der Waals surface area contributed by atoms with Crippen LogP contribution >= 0.6 is 15.9 Å². The van der Waals surface area contributed by atoms with Crippen molar-refractivity contribution in [3.63, 3.8) is 0 Å². The summed E-state index contributed by atoms with van der Waals surface area (Å²) in [5, 5.41) is 2.56. The molecule has 0 unspecified atom stereocenters. The van der Waals surface area contributed by atoms with E-state index < -0.39 is 22.1 Å². The second-order valence-electron chi connectivity index (χ2n) is 7.53. The highest BCUT2D eigenvalue weighted by Crippen LogP contribution is 2.22. The van der Waals surface area contributed by atoms with Crippen LogP contribution in [0.5, 0.6) is 5.75 Å². The summed E-state index contributed by atoms with van der Waals surface area (Å²) >= 11 is 3.18. The Bertz CT molecular complexity index is 1270. The van der Waals surface area contributed by atoms with Gasteiger partial charge in [-0.05, 0) is 64.8 Å². The molecule has 3 aromatic carbocycles. The molecule has 0 saturated carbocycles. The molecule has 3 rings (SSSR count). The quantitative estimate of drug-likeness (QED) is 0.410. The van der Waals surface area contributed by atoms with E-state index in [0.717, 1.165) is 5.56 Å². The fourth-order valence-corrected chi connectivity index (χ4v) is 5.41. The van der Waals surface area contributed by atoms with Crippen molar-refractivity contribution in [3.05, 3.63) is 88.9 Å². The summed E-state index contributed by atoms with van der Waals surface area (Å²) in [7, 11) is -2.61. The van der Waals surface area contributed by atoms with Crippen LogP contribution in [0.25, 0.3) is 0 Å². The third kappa shape index (κ3) is 6.83. The van der Waals surface area contributed by atoms with Crippen LogP contribution in [0, 0.1) is 0 Å². The van der Waals surface area contributed by atoms with Crippen molar-refractivity contribution in [3.8, 4) is 5.75 Å². The van der Waals surface area contributed by atoms with E-state index in [9.17, 15) is 18.0 Å². The van der Waals surface area contributed by atoms with Crippen LogP contribution in [-0.4, -0.2) is 40.1 Å². The Labute approximate surface area is 213 Å². The molecule has 0 saturated heterocycles. The molecule has 0 spiro atoms. The first-order chi connectivity index (χ1) is 16.7. The monoisotopic (exact) mass is 559 g/mol. The van der Waals surface area contributed by atoms with Crippen molar-refractivity contribution in [2.24, 2.45) is 0 Å². The molecule has 3 aromatic rings. The number of rotatable bonds is 9. The highest BCUT2D eigenvalue weighted by Gasteiger charge is 2.29. The molecule has 0 heterocycles. The number of methoxy groups -OCH3 is 1. The molecular formula is C25H26BrN3O5S. The van der Waals surface area contributed by atoms with E-state index in [-0.39, 0.29) is 17.2 Å². The van der Waals surface area contributed by atoms with Crippen LogP contribution in [0.2, 0.25) is 0 Å². The summed E-state index contributed by atoms with van der Waals surface area (Å²) in [6, 6.07) is 20.3. The number of hydrogen-bond donors (Lipinski definition) is 2. The van der Waals surface area contributed by atoms with Gasteiger partial charge in [0.1, 0.15) is 16.7 Å². The van der Waals surface area contributed by atoms with E-state index >= 15 is 0 Å². The van der Waals surface area contributed by atoms with Gasteiger partial charge in [0.05, 0.1) is 7.11 Å². The molecule has 0 aliphatic heterocycles. The predicted octanol–water partition coefficient (Wildman–Crippen LogP) is 4.11. The lowest BCUT2D eigenvalue weighted by Gasteiger charge is -2.27. The second kappa shape index (κ2) is 11.9. The van der Waals surface area contributed by atoms with E-state index in [1.807, 2.05) is 42.0 Å². The van der Waals surface area contributed by atoms with Crippen molar-refractivity contribution < 1.29 is 22.7 Å². The third-order valence-electron chi connectivity index (χ3n) is 5.21. The van der Waals surface area contributed by atoms with Crippen LogP contribution in [-0.2, 0) is 21.2 Å². The number of carbonyl (C=O) groups is 2. The number of benzene rings is 3. The topological polar surface area (TPSA) is 105 Å². The van der Waals surface area contributed by atoms with Gasteiger partial charge in [0.15, 0.2) is 0 Å². The predicted molar refractivity (Wildman–Crippen MR) is 138 cm³/mol.